The molecule has 1 N–H and O–H groups in total. The van der Waals surface area contributed by atoms with E-state index in [1.165, 1.54) is 16.6 Å². The number of aromatic nitrogens is 1. The molecule has 3 heteroatoms. The molecule has 3 aromatic rings. The maximum Gasteiger partial charge on any atom is 0.0479 e. The minimum absolute atomic E-state index is 1.10. The smallest absolute Gasteiger partial charge is 0.0479 e. The lowest BCUT2D eigenvalue weighted by molar-refractivity contribution is 0.969. The van der Waals surface area contributed by atoms with Crippen molar-refractivity contribution in [2.24, 2.45) is 7.05 Å². The van der Waals surface area contributed by atoms with E-state index in [0.717, 1.165) is 11.4 Å². The summed E-state index contributed by atoms with van der Waals surface area (Å²) >= 11 is 0. The molecule has 0 saturated carbocycles. The predicted octanol–water partition coefficient (Wildman–Crippen LogP) is 3.99. The second-order valence-electron chi connectivity index (χ2n) is 5.27. The highest BCUT2D eigenvalue weighted by molar-refractivity contribution is 5.84. The number of fused-ring (bicyclic) bond motifs is 1. The Balaban J connectivity index is 1.90. The van der Waals surface area contributed by atoms with Crippen LogP contribution < -0.4 is 10.2 Å². The van der Waals surface area contributed by atoms with Crippen LogP contribution in [0.1, 0.15) is 0 Å². The van der Waals surface area contributed by atoms with Crippen molar-refractivity contribution in [3.8, 4) is 0 Å². The first-order chi connectivity index (χ1) is 9.63. The van der Waals surface area contributed by atoms with E-state index in [0.29, 0.717) is 0 Å². The van der Waals surface area contributed by atoms with Gasteiger partial charge in [0.05, 0.1) is 0 Å². The van der Waals surface area contributed by atoms with Crippen molar-refractivity contribution in [3.63, 3.8) is 0 Å². The van der Waals surface area contributed by atoms with Gasteiger partial charge in [-0.05, 0) is 42.5 Å². The van der Waals surface area contributed by atoms with Crippen molar-refractivity contribution >= 4 is 28.0 Å². The predicted molar refractivity (Wildman–Crippen MR) is 87.0 cm³/mol. The zero-order chi connectivity index (χ0) is 14.1. The summed E-state index contributed by atoms with van der Waals surface area (Å²) in [4.78, 5) is 2.10. The molecule has 0 aliphatic carbocycles. The molecule has 0 saturated heterocycles. The molecule has 0 unspecified atom stereocenters. The van der Waals surface area contributed by atoms with E-state index in [1.807, 2.05) is 0 Å². The second kappa shape index (κ2) is 4.93. The maximum atomic E-state index is 3.46. The van der Waals surface area contributed by atoms with E-state index in [4.69, 9.17) is 0 Å². The van der Waals surface area contributed by atoms with E-state index in [9.17, 15) is 0 Å². The SMILES string of the molecule is CN(C)c1cccc(Nc2ccc3c(ccn3C)c2)c1. The van der Waals surface area contributed by atoms with Gasteiger partial charge in [-0.15, -0.1) is 0 Å². The Hall–Kier alpha value is -2.42. The standard InChI is InChI=1S/C17H19N3/c1-19(2)16-6-4-5-14(12-16)18-15-7-8-17-13(11-15)9-10-20(17)3/h4-12,18H,1-3H3. The third kappa shape index (κ3) is 2.35. The fourth-order valence-corrected chi connectivity index (χ4v) is 2.39. The first-order valence-corrected chi connectivity index (χ1v) is 6.73. The van der Waals surface area contributed by atoms with Crippen molar-refractivity contribution in [3.05, 3.63) is 54.7 Å². The summed E-state index contributed by atoms with van der Waals surface area (Å²) in [6.45, 7) is 0. The van der Waals surface area contributed by atoms with Gasteiger partial charge in [-0.3, -0.25) is 0 Å². The highest BCUT2D eigenvalue weighted by atomic mass is 15.1. The topological polar surface area (TPSA) is 20.2 Å². The molecule has 0 aliphatic heterocycles. The van der Waals surface area contributed by atoms with Gasteiger partial charge in [0, 0.05) is 55.3 Å². The highest BCUT2D eigenvalue weighted by Crippen LogP contribution is 2.24. The van der Waals surface area contributed by atoms with Gasteiger partial charge < -0.3 is 14.8 Å². The van der Waals surface area contributed by atoms with Crippen molar-refractivity contribution in [1.82, 2.24) is 4.57 Å². The number of aryl methyl sites for hydroxylation is 1. The molecular formula is C17H19N3. The van der Waals surface area contributed by atoms with Crippen LogP contribution >= 0.6 is 0 Å². The summed E-state index contributed by atoms with van der Waals surface area (Å²) < 4.78 is 2.13. The summed E-state index contributed by atoms with van der Waals surface area (Å²) in [6, 6.07) is 17.0. The molecule has 0 bridgehead atoms. The molecule has 0 radical (unpaired) electrons. The summed E-state index contributed by atoms with van der Waals surface area (Å²) in [5.74, 6) is 0. The molecule has 0 aliphatic rings. The van der Waals surface area contributed by atoms with Crippen LogP contribution in [-0.2, 0) is 7.05 Å². The van der Waals surface area contributed by atoms with Crippen LogP contribution in [-0.4, -0.2) is 18.7 Å². The van der Waals surface area contributed by atoms with Gasteiger partial charge in [0.15, 0.2) is 0 Å². The van der Waals surface area contributed by atoms with Crippen LogP contribution in [0.25, 0.3) is 10.9 Å². The van der Waals surface area contributed by atoms with E-state index in [1.54, 1.807) is 0 Å². The Morgan fingerprint density at radius 2 is 1.75 bits per heavy atom. The van der Waals surface area contributed by atoms with Gasteiger partial charge in [0.1, 0.15) is 0 Å². The summed E-state index contributed by atoms with van der Waals surface area (Å²) in [5, 5.41) is 4.72. The third-order valence-electron chi connectivity index (χ3n) is 3.54. The molecule has 1 heterocycles. The first-order valence-electron chi connectivity index (χ1n) is 6.73. The van der Waals surface area contributed by atoms with Gasteiger partial charge in [-0.1, -0.05) is 6.07 Å². The lowest BCUT2D eigenvalue weighted by Gasteiger charge is -2.14. The molecule has 20 heavy (non-hydrogen) atoms. The van der Waals surface area contributed by atoms with Crippen LogP contribution in [0.2, 0.25) is 0 Å². The van der Waals surface area contributed by atoms with Gasteiger partial charge in [0.25, 0.3) is 0 Å². The number of nitrogens with one attached hydrogen (secondary N) is 1. The molecule has 0 atom stereocenters. The third-order valence-corrected chi connectivity index (χ3v) is 3.54. The highest BCUT2D eigenvalue weighted by Gasteiger charge is 2.01. The maximum absolute atomic E-state index is 3.46. The van der Waals surface area contributed by atoms with Gasteiger partial charge in [-0.25, -0.2) is 0 Å². The van der Waals surface area contributed by atoms with Crippen LogP contribution in [0, 0.1) is 0 Å². The fourth-order valence-electron chi connectivity index (χ4n) is 2.39. The quantitative estimate of drug-likeness (QED) is 0.772. The fraction of sp³-hybridized carbons (Fsp3) is 0.176. The number of hydrogen-bond acceptors (Lipinski definition) is 2. The number of benzene rings is 2. The van der Waals surface area contributed by atoms with Crippen LogP contribution in [0.15, 0.2) is 54.7 Å². The Labute approximate surface area is 119 Å². The van der Waals surface area contributed by atoms with Crippen molar-refractivity contribution < 1.29 is 0 Å². The van der Waals surface area contributed by atoms with Crippen LogP contribution in [0.5, 0.6) is 0 Å². The monoisotopic (exact) mass is 265 g/mol. The van der Waals surface area contributed by atoms with Crippen molar-refractivity contribution in [1.29, 1.82) is 0 Å². The van der Waals surface area contributed by atoms with E-state index in [2.05, 4.69) is 90.7 Å². The molecular weight excluding hydrogens is 246 g/mol. The molecule has 1 aromatic heterocycles. The van der Waals surface area contributed by atoms with Gasteiger partial charge in [-0.2, -0.15) is 0 Å². The minimum Gasteiger partial charge on any atom is -0.378 e. The minimum atomic E-state index is 1.10. The van der Waals surface area contributed by atoms with Crippen molar-refractivity contribution in [2.75, 3.05) is 24.3 Å². The summed E-state index contributed by atoms with van der Waals surface area (Å²) in [7, 11) is 6.17. The second-order valence-corrected chi connectivity index (χ2v) is 5.27. The van der Waals surface area contributed by atoms with E-state index >= 15 is 0 Å². The molecule has 0 amide bonds. The average Bonchev–Trinajstić information content (AvgIpc) is 2.80. The Kier molecular flexibility index (Phi) is 3.11. The van der Waals surface area contributed by atoms with Crippen LogP contribution in [0.3, 0.4) is 0 Å². The van der Waals surface area contributed by atoms with Crippen molar-refractivity contribution in [2.45, 2.75) is 0 Å². The van der Waals surface area contributed by atoms with Crippen LogP contribution in [0.4, 0.5) is 17.1 Å². The first kappa shape index (κ1) is 12.6. The van der Waals surface area contributed by atoms with E-state index < -0.39 is 0 Å². The molecule has 0 spiro atoms. The molecule has 2 aromatic carbocycles. The number of anilines is 3. The van der Waals surface area contributed by atoms with E-state index in [-0.39, 0.29) is 0 Å². The molecule has 3 rings (SSSR count). The lowest BCUT2D eigenvalue weighted by atomic mass is 10.2. The Morgan fingerprint density at radius 3 is 2.55 bits per heavy atom. The molecule has 102 valence electrons. The van der Waals surface area contributed by atoms with Gasteiger partial charge in [0.2, 0.25) is 0 Å². The lowest BCUT2D eigenvalue weighted by Crippen LogP contribution is -2.08. The number of rotatable bonds is 3. The number of nitrogens with zero attached hydrogens (tertiary/aromatic N) is 2. The summed E-state index contributed by atoms with van der Waals surface area (Å²) in [6.07, 6.45) is 2.08. The average molecular weight is 265 g/mol. The summed E-state index contributed by atoms with van der Waals surface area (Å²) in [5.41, 5.74) is 4.65. The number of hydrogen-bond donors (Lipinski definition) is 1. The van der Waals surface area contributed by atoms with Gasteiger partial charge >= 0.3 is 0 Å². The zero-order valence-electron chi connectivity index (χ0n) is 12.1. The molecule has 0 fully saturated rings. The normalized spacial score (nSPS) is 10.8. The Bertz CT molecular complexity index is 741. The molecule has 3 nitrogen and oxygen atoms in total. The largest absolute Gasteiger partial charge is 0.378 e. The zero-order valence-corrected chi connectivity index (χ0v) is 12.1. The Morgan fingerprint density at radius 1 is 0.950 bits per heavy atom.